The molecule has 0 aliphatic carbocycles. The third kappa shape index (κ3) is 4.64. The zero-order valence-corrected chi connectivity index (χ0v) is 16.7. The second kappa shape index (κ2) is 8.79. The summed E-state index contributed by atoms with van der Waals surface area (Å²) < 4.78 is 11.1. The lowest BCUT2D eigenvalue weighted by atomic mass is 10.1. The monoisotopic (exact) mass is 443 g/mol. The van der Waals surface area contributed by atoms with Gasteiger partial charge in [-0.1, -0.05) is 28.1 Å². The molecule has 28 heavy (non-hydrogen) atoms. The lowest BCUT2D eigenvalue weighted by Crippen LogP contribution is -2.11. The molecular weight excluding hydrogens is 426 g/mol. The first-order valence-electron chi connectivity index (χ1n) is 8.51. The normalized spacial score (nSPS) is 10.6. The van der Waals surface area contributed by atoms with Crippen molar-refractivity contribution in [3.63, 3.8) is 0 Å². The fourth-order valence-corrected chi connectivity index (χ4v) is 3.04. The van der Waals surface area contributed by atoms with E-state index in [1.807, 2.05) is 24.3 Å². The average molecular weight is 444 g/mol. The molecule has 144 valence electrons. The van der Waals surface area contributed by atoms with Crippen molar-refractivity contribution in [1.29, 1.82) is 0 Å². The van der Waals surface area contributed by atoms with Gasteiger partial charge in [0.15, 0.2) is 18.2 Å². The highest BCUT2D eigenvalue weighted by Crippen LogP contribution is 2.24. The predicted molar refractivity (Wildman–Crippen MR) is 108 cm³/mol. The van der Waals surface area contributed by atoms with Gasteiger partial charge in [0.2, 0.25) is 0 Å². The van der Waals surface area contributed by atoms with Crippen LogP contribution < -0.4 is 10.5 Å². The Bertz CT molecular complexity index is 1040. The van der Waals surface area contributed by atoms with E-state index in [9.17, 15) is 9.59 Å². The van der Waals surface area contributed by atoms with Gasteiger partial charge in [-0.3, -0.25) is 9.59 Å². The number of halogens is 1. The highest BCUT2D eigenvalue weighted by Gasteiger charge is 2.16. The number of ketones is 1. The number of hydrogen-bond acceptors (Lipinski definition) is 7. The van der Waals surface area contributed by atoms with Gasteiger partial charge in [0.25, 0.3) is 0 Å². The molecule has 0 aliphatic rings. The molecule has 3 aromatic rings. The lowest BCUT2D eigenvalue weighted by molar-refractivity contribution is -0.145. The standard InChI is InChI=1S/C20H18BrN3O4/c1-27-17-8-6-12(21)10-14(17)16(25)7-9-19(26)28-11-18-23-15-5-3-2-4-13(15)20(22)24-18/h2-6,8,10H,7,9,11H2,1H3,(H2,22,23,24). The number of ether oxygens (including phenoxy) is 2. The zero-order valence-electron chi connectivity index (χ0n) is 15.1. The molecule has 0 saturated carbocycles. The van der Waals surface area contributed by atoms with Crippen LogP contribution in [0.1, 0.15) is 29.0 Å². The van der Waals surface area contributed by atoms with Crippen LogP contribution in [0.25, 0.3) is 10.9 Å². The summed E-state index contributed by atoms with van der Waals surface area (Å²) >= 11 is 3.32. The second-order valence-corrected chi connectivity index (χ2v) is 6.89. The highest BCUT2D eigenvalue weighted by molar-refractivity contribution is 9.10. The van der Waals surface area contributed by atoms with Crippen molar-refractivity contribution in [3.8, 4) is 5.75 Å². The average Bonchev–Trinajstić information content (AvgIpc) is 2.70. The molecule has 0 atom stereocenters. The maximum Gasteiger partial charge on any atom is 0.306 e. The highest BCUT2D eigenvalue weighted by atomic mass is 79.9. The maximum absolute atomic E-state index is 12.4. The number of anilines is 1. The molecule has 0 saturated heterocycles. The van der Waals surface area contributed by atoms with Crippen LogP contribution >= 0.6 is 15.9 Å². The van der Waals surface area contributed by atoms with Crippen LogP contribution in [0.3, 0.4) is 0 Å². The van der Waals surface area contributed by atoms with Gasteiger partial charge in [-0.2, -0.15) is 0 Å². The van der Waals surface area contributed by atoms with Crippen molar-refractivity contribution in [3.05, 3.63) is 58.3 Å². The number of fused-ring (bicyclic) bond motifs is 1. The molecule has 1 heterocycles. The first kappa shape index (κ1) is 19.8. The fourth-order valence-electron chi connectivity index (χ4n) is 2.68. The number of nitrogens with two attached hydrogens (primary N) is 1. The Morgan fingerprint density at radius 1 is 1.11 bits per heavy atom. The van der Waals surface area contributed by atoms with E-state index in [1.165, 1.54) is 7.11 Å². The molecule has 7 nitrogen and oxygen atoms in total. The number of nitrogens with zero attached hydrogens (tertiary/aromatic N) is 2. The number of carbonyl (C=O) groups is 2. The molecule has 0 spiro atoms. The predicted octanol–water partition coefficient (Wildman–Crippen LogP) is 3.69. The molecule has 2 N–H and O–H groups in total. The Morgan fingerprint density at radius 2 is 1.89 bits per heavy atom. The number of methoxy groups -OCH3 is 1. The molecule has 0 radical (unpaired) electrons. The minimum Gasteiger partial charge on any atom is -0.496 e. The Kier molecular flexibility index (Phi) is 6.20. The van der Waals surface area contributed by atoms with Gasteiger partial charge < -0.3 is 15.2 Å². The molecule has 0 unspecified atom stereocenters. The van der Waals surface area contributed by atoms with Crippen LogP contribution in [-0.4, -0.2) is 28.8 Å². The van der Waals surface area contributed by atoms with E-state index >= 15 is 0 Å². The van der Waals surface area contributed by atoms with Gasteiger partial charge in [0.1, 0.15) is 11.6 Å². The van der Waals surface area contributed by atoms with Crippen molar-refractivity contribution >= 4 is 44.4 Å². The summed E-state index contributed by atoms with van der Waals surface area (Å²) in [5.74, 6) is 0.374. The number of aromatic nitrogens is 2. The van der Waals surface area contributed by atoms with Crippen molar-refractivity contribution in [2.75, 3.05) is 12.8 Å². The zero-order chi connectivity index (χ0) is 20.1. The molecule has 0 fully saturated rings. The Balaban J connectivity index is 1.58. The molecule has 1 aromatic heterocycles. The topological polar surface area (TPSA) is 104 Å². The van der Waals surface area contributed by atoms with Crippen molar-refractivity contribution in [2.45, 2.75) is 19.4 Å². The first-order chi connectivity index (χ1) is 13.5. The third-order valence-corrected chi connectivity index (χ3v) is 4.55. The number of benzene rings is 2. The summed E-state index contributed by atoms with van der Waals surface area (Å²) in [7, 11) is 1.49. The van der Waals surface area contributed by atoms with E-state index in [2.05, 4.69) is 25.9 Å². The SMILES string of the molecule is COc1ccc(Br)cc1C(=O)CCC(=O)OCc1nc(N)c2ccccc2n1. The van der Waals surface area contributed by atoms with Crippen molar-refractivity contribution in [2.24, 2.45) is 0 Å². The summed E-state index contributed by atoms with van der Waals surface area (Å²) in [5, 5.41) is 0.742. The van der Waals surface area contributed by atoms with Crippen LogP contribution in [0.4, 0.5) is 5.82 Å². The minimum absolute atomic E-state index is 0.00631. The van der Waals surface area contributed by atoms with E-state index in [0.29, 0.717) is 28.5 Å². The molecule has 3 rings (SSSR count). The van der Waals surface area contributed by atoms with E-state index < -0.39 is 5.97 Å². The number of Topliss-reactive ketones (excluding diaryl/α,β-unsaturated/α-hetero) is 1. The van der Waals surface area contributed by atoms with Crippen LogP contribution in [0.2, 0.25) is 0 Å². The lowest BCUT2D eigenvalue weighted by Gasteiger charge is -2.09. The first-order valence-corrected chi connectivity index (χ1v) is 9.30. The van der Waals surface area contributed by atoms with Crippen LogP contribution in [-0.2, 0) is 16.1 Å². The van der Waals surface area contributed by atoms with E-state index in [0.717, 1.165) is 9.86 Å². The largest absolute Gasteiger partial charge is 0.496 e. The number of esters is 1. The maximum atomic E-state index is 12.4. The van der Waals surface area contributed by atoms with Crippen LogP contribution in [0, 0.1) is 0 Å². The molecule has 0 bridgehead atoms. The van der Waals surface area contributed by atoms with E-state index in [1.54, 1.807) is 18.2 Å². The molecule has 8 heteroatoms. The number of carbonyl (C=O) groups excluding carboxylic acids is 2. The van der Waals surface area contributed by atoms with Crippen LogP contribution in [0.15, 0.2) is 46.9 Å². The van der Waals surface area contributed by atoms with Crippen LogP contribution in [0.5, 0.6) is 5.75 Å². The molecule has 2 aromatic carbocycles. The van der Waals surface area contributed by atoms with Crippen molar-refractivity contribution < 1.29 is 19.1 Å². The minimum atomic E-state index is -0.516. The number of hydrogen-bond donors (Lipinski definition) is 1. The fraction of sp³-hybridized carbons (Fsp3) is 0.200. The van der Waals surface area contributed by atoms with E-state index in [-0.39, 0.29) is 25.2 Å². The van der Waals surface area contributed by atoms with Crippen molar-refractivity contribution in [1.82, 2.24) is 9.97 Å². The summed E-state index contributed by atoms with van der Waals surface area (Å²) in [6.45, 7) is -0.109. The molecule has 0 aliphatic heterocycles. The molecular formula is C20H18BrN3O4. The van der Waals surface area contributed by atoms with Gasteiger partial charge in [-0.15, -0.1) is 0 Å². The summed E-state index contributed by atoms with van der Waals surface area (Å²) in [6, 6.07) is 12.4. The smallest absolute Gasteiger partial charge is 0.306 e. The Hall–Kier alpha value is -3.00. The Morgan fingerprint density at radius 3 is 2.68 bits per heavy atom. The van der Waals surface area contributed by atoms with Gasteiger partial charge in [-0.05, 0) is 30.3 Å². The van der Waals surface area contributed by atoms with Gasteiger partial charge in [0, 0.05) is 16.3 Å². The number of rotatable bonds is 7. The third-order valence-electron chi connectivity index (χ3n) is 4.06. The number of para-hydroxylation sites is 1. The van der Waals surface area contributed by atoms with Gasteiger partial charge >= 0.3 is 5.97 Å². The van der Waals surface area contributed by atoms with E-state index in [4.69, 9.17) is 15.2 Å². The number of nitrogen functional groups attached to an aromatic ring is 1. The van der Waals surface area contributed by atoms with Gasteiger partial charge in [0.05, 0.1) is 24.6 Å². The summed E-state index contributed by atoms with van der Waals surface area (Å²) in [6.07, 6.45) is -0.0517. The van der Waals surface area contributed by atoms with Gasteiger partial charge in [-0.25, -0.2) is 9.97 Å². The molecule has 0 amide bonds. The Labute approximate surface area is 170 Å². The summed E-state index contributed by atoms with van der Waals surface area (Å²) in [4.78, 5) is 32.9. The quantitative estimate of drug-likeness (QED) is 0.438. The second-order valence-electron chi connectivity index (χ2n) is 5.97. The summed E-state index contributed by atoms with van der Waals surface area (Å²) in [5.41, 5.74) is 7.00.